The number of benzene rings is 1. The van der Waals surface area contributed by atoms with E-state index < -0.39 is 0 Å². The highest BCUT2D eigenvalue weighted by atomic mass is 16.6. The number of hydrogen-bond donors (Lipinski definition) is 1. The molecule has 5 nitrogen and oxygen atoms in total. The fraction of sp³-hybridized carbons (Fsp3) is 0.533. The van der Waals surface area contributed by atoms with Crippen LogP contribution in [0.5, 0.6) is 11.5 Å². The predicted molar refractivity (Wildman–Crippen MR) is 75.2 cm³/mol. The lowest BCUT2D eigenvalue weighted by Crippen LogP contribution is -2.29. The minimum Gasteiger partial charge on any atom is -0.497 e. The molecule has 1 aliphatic rings. The number of methoxy groups -OCH3 is 2. The maximum Gasteiger partial charge on any atom is 0.251 e. The van der Waals surface area contributed by atoms with Crippen LogP contribution in [0.15, 0.2) is 18.2 Å². The van der Waals surface area contributed by atoms with Gasteiger partial charge in [0.1, 0.15) is 11.5 Å². The molecule has 0 aliphatic carbocycles. The third-order valence-corrected chi connectivity index (χ3v) is 3.38. The zero-order valence-electron chi connectivity index (χ0n) is 12.1. The van der Waals surface area contributed by atoms with Crippen molar-refractivity contribution < 1.29 is 19.0 Å². The number of hydrogen-bond acceptors (Lipinski definition) is 4. The largest absolute Gasteiger partial charge is 0.497 e. The molecule has 1 amide bonds. The summed E-state index contributed by atoms with van der Waals surface area (Å²) in [5, 5.41) is 2.88. The van der Waals surface area contributed by atoms with E-state index in [4.69, 9.17) is 14.2 Å². The molecule has 5 heteroatoms. The Labute approximate surface area is 119 Å². The van der Waals surface area contributed by atoms with Crippen molar-refractivity contribution in [3.8, 4) is 11.5 Å². The first-order valence-electron chi connectivity index (χ1n) is 6.79. The van der Waals surface area contributed by atoms with Crippen LogP contribution < -0.4 is 14.8 Å². The second-order valence-electron chi connectivity index (χ2n) is 4.83. The van der Waals surface area contributed by atoms with Crippen molar-refractivity contribution in [2.75, 3.05) is 20.8 Å². The van der Waals surface area contributed by atoms with Crippen LogP contribution in [-0.2, 0) is 16.0 Å². The van der Waals surface area contributed by atoms with Gasteiger partial charge in [0.2, 0.25) is 0 Å². The molecule has 1 fully saturated rings. The highest BCUT2D eigenvalue weighted by Crippen LogP contribution is 2.25. The molecule has 1 aromatic carbocycles. The quantitative estimate of drug-likeness (QED) is 0.607. The number of carbonyl (C=O) groups excluding carboxylic acids is 1. The maximum atomic E-state index is 11.6. The molecule has 110 valence electrons. The molecule has 2 atom stereocenters. The Morgan fingerprint density at radius 2 is 2.10 bits per heavy atom. The molecule has 1 heterocycles. The van der Waals surface area contributed by atoms with Crippen LogP contribution in [0, 0.1) is 0 Å². The third kappa shape index (κ3) is 3.63. The molecule has 20 heavy (non-hydrogen) atoms. The molecule has 0 unspecified atom stereocenters. The molecule has 0 aromatic heterocycles. The molecule has 0 bridgehead atoms. The van der Waals surface area contributed by atoms with Gasteiger partial charge in [-0.05, 0) is 43.5 Å². The molecule has 1 N–H and O–H groups in total. The Hall–Kier alpha value is -1.75. The molecule has 1 saturated heterocycles. The van der Waals surface area contributed by atoms with Gasteiger partial charge in [0.15, 0.2) is 6.10 Å². The summed E-state index contributed by atoms with van der Waals surface area (Å²) in [5.74, 6) is 1.64. The molecule has 2 rings (SSSR count). The summed E-state index contributed by atoms with van der Waals surface area (Å²) in [6, 6.07) is 5.73. The number of carbonyl (C=O) groups is 1. The van der Waals surface area contributed by atoms with Gasteiger partial charge in [0.05, 0.1) is 20.3 Å². The maximum absolute atomic E-state index is 11.6. The fourth-order valence-corrected chi connectivity index (χ4v) is 2.13. The van der Waals surface area contributed by atoms with Gasteiger partial charge in [-0.2, -0.15) is 0 Å². The molecular formula is C15H21NO4. The van der Waals surface area contributed by atoms with Crippen LogP contribution in [0.3, 0.4) is 0 Å². The second kappa shape index (κ2) is 6.61. The van der Waals surface area contributed by atoms with Crippen molar-refractivity contribution in [1.82, 2.24) is 5.32 Å². The Morgan fingerprint density at radius 3 is 2.70 bits per heavy atom. The zero-order valence-corrected chi connectivity index (χ0v) is 12.1. The second-order valence-corrected chi connectivity index (χ2v) is 4.83. The van der Waals surface area contributed by atoms with Gasteiger partial charge in [-0.15, -0.1) is 0 Å². The molecule has 0 spiro atoms. The van der Waals surface area contributed by atoms with Crippen LogP contribution in [-0.4, -0.2) is 38.9 Å². The highest BCUT2D eigenvalue weighted by Gasteiger charge is 2.40. The van der Waals surface area contributed by atoms with E-state index in [0.29, 0.717) is 6.54 Å². The Kier molecular flexibility index (Phi) is 4.84. The van der Waals surface area contributed by atoms with Crippen LogP contribution >= 0.6 is 0 Å². The smallest absolute Gasteiger partial charge is 0.251 e. The van der Waals surface area contributed by atoms with Crippen LogP contribution in [0.4, 0.5) is 0 Å². The van der Waals surface area contributed by atoms with Crippen molar-refractivity contribution in [2.45, 2.75) is 32.0 Å². The molecular weight excluding hydrogens is 258 g/mol. The van der Waals surface area contributed by atoms with Gasteiger partial charge >= 0.3 is 0 Å². The number of aryl methyl sites for hydroxylation is 1. The lowest BCUT2D eigenvalue weighted by Gasteiger charge is -2.10. The van der Waals surface area contributed by atoms with E-state index in [2.05, 4.69) is 5.32 Å². The van der Waals surface area contributed by atoms with Crippen molar-refractivity contribution in [1.29, 1.82) is 0 Å². The molecule has 0 radical (unpaired) electrons. The van der Waals surface area contributed by atoms with E-state index in [9.17, 15) is 4.79 Å². The summed E-state index contributed by atoms with van der Waals surface area (Å²) in [4.78, 5) is 11.6. The van der Waals surface area contributed by atoms with E-state index in [1.165, 1.54) is 0 Å². The SMILES string of the molecule is COc1ccc(OC)c(CCCNC(=O)[C@@H]2O[C@H]2C)c1. The lowest BCUT2D eigenvalue weighted by atomic mass is 10.1. The fourth-order valence-electron chi connectivity index (χ4n) is 2.13. The van der Waals surface area contributed by atoms with E-state index in [-0.39, 0.29) is 18.1 Å². The first-order valence-corrected chi connectivity index (χ1v) is 6.79. The summed E-state index contributed by atoms with van der Waals surface area (Å²) in [6.45, 7) is 2.52. The summed E-state index contributed by atoms with van der Waals surface area (Å²) in [6.07, 6.45) is 1.48. The number of nitrogens with one attached hydrogen (secondary N) is 1. The third-order valence-electron chi connectivity index (χ3n) is 3.38. The normalized spacial score (nSPS) is 20.4. The number of rotatable bonds is 7. The average molecular weight is 279 g/mol. The summed E-state index contributed by atoms with van der Waals surface area (Å²) >= 11 is 0. The van der Waals surface area contributed by atoms with E-state index in [1.807, 2.05) is 25.1 Å². The van der Waals surface area contributed by atoms with Gasteiger partial charge in [-0.25, -0.2) is 0 Å². The monoisotopic (exact) mass is 279 g/mol. The van der Waals surface area contributed by atoms with Crippen molar-refractivity contribution in [3.63, 3.8) is 0 Å². The summed E-state index contributed by atoms with van der Waals surface area (Å²) in [5.41, 5.74) is 1.08. The van der Waals surface area contributed by atoms with E-state index in [1.54, 1.807) is 14.2 Å². The minimum atomic E-state index is -0.249. The predicted octanol–water partition coefficient (Wildman–Crippen LogP) is 1.54. The van der Waals surface area contributed by atoms with Gasteiger partial charge in [0.25, 0.3) is 5.91 Å². The molecule has 1 aromatic rings. The Bertz CT molecular complexity index is 475. The van der Waals surface area contributed by atoms with Crippen molar-refractivity contribution in [2.24, 2.45) is 0 Å². The Balaban J connectivity index is 1.79. The van der Waals surface area contributed by atoms with E-state index >= 15 is 0 Å². The summed E-state index contributed by atoms with van der Waals surface area (Å²) < 4.78 is 15.6. The first-order chi connectivity index (χ1) is 9.65. The van der Waals surface area contributed by atoms with Gasteiger partial charge in [0, 0.05) is 6.54 Å². The van der Waals surface area contributed by atoms with Crippen molar-refractivity contribution in [3.05, 3.63) is 23.8 Å². The average Bonchev–Trinajstić information content (AvgIpc) is 3.20. The number of ether oxygens (including phenoxy) is 3. The van der Waals surface area contributed by atoms with Crippen LogP contribution in [0.25, 0.3) is 0 Å². The van der Waals surface area contributed by atoms with Gasteiger partial charge in [-0.1, -0.05) is 0 Å². The Morgan fingerprint density at radius 1 is 1.35 bits per heavy atom. The van der Waals surface area contributed by atoms with E-state index in [0.717, 1.165) is 29.9 Å². The standard InChI is InChI=1S/C15H21NO4/c1-10-14(20-10)15(17)16-8-4-5-11-9-12(18-2)6-7-13(11)19-3/h6-7,9-10,14H,4-5,8H2,1-3H3,(H,16,17)/t10-,14+/m0/s1. The topological polar surface area (TPSA) is 60.1 Å². The highest BCUT2D eigenvalue weighted by molar-refractivity contribution is 5.83. The zero-order chi connectivity index (χ0) is 14.5. The van der Waals surface area contributed by atoms with Crippen LogP contribution in [0.1, 0.15) is 18.9 Å². The van der Waals surface area contributed by atoms with Crippen LogP contribution in [0.2, 0.25) is 0 Å². The first kappa shape index (κ1) is 14.7. The lowest BCUT2D eigenvalue weighted by molar-refractivity contribution is -0.122. The summed E-state index contributed by atoms with van der Waals surface area (Å²) in [7, 11) is 3.29. The minimum absolute atomic E-state index is 0.0184. The number of epoxide rings is 1. The number of amides is 1. The van der Waals surface area contributed by atoms with Crippen molar-refractivity contribution >= 4 is 5.91 Å². The van der Waals surface area contributed by atoms with Gasteiger partial charge in [-0.3, -0.25) is 4.79 Å². The van der Waals surface area contributed by atoms with Gasteiger partial charge < -0.3 is 19.5 Å². The molecule has 0 saturated carbocycles. The molecule has 1 aliphatic heterocycles.